The van der Waals surface area contributed by atoms with E-state index in [0.717, 1.165) is 16.6 Å². The van der Waals surface area contributed by atoms with Gasteiger partial charge in [-0.05, 0) is 26.8 Å². The SMILES string of the molecule is CCN(CCO)C(=O)c1cc(-c2ccccc2)nc2c1cnn2C(C)C. The van der Waals surface area contributed by atoms with Crippen molar-refractivity contribution in [2.45, 2.75) is 26.8 Å². The number of benzene rings is 1. The van der Waals surface area contributed by atoms with E-state index in [9.17, 15) is 9.90 Å². The molecule has 6 nitrogen and oxygen atoms in total. The number of likely N-dealkylation sites (N-methyl/N-ethyl adjacent to an activating group) is 1. The summed E-state index contributed by atoms with van der Waals surface area (Å²) in [5.74, 6) is -0.116. The summed E-state index contributed by atoms with van der Waals surface area (Å²) in [6.45, 7) is 6.75. The van der Waals surface area contributed by atoms with E-state index in [1.54, 1.807) is 11.1 Å². The van der Waals surface area contributed by atoms with Gasteiger partial charge in [0, 0.05) is 24.7 Å². The van der Waals surface area contributed by atoms with Gasteiger partial charge < -0.3 is 10.0 Å². The van der Waals surface area contributed by atoms with E-state index in [1.165, 1.54) is 0 Å². The second-order valence-corrected chi connectivity index (χ2v) is 6.45. The smallest absolute Gasteiger partial charge is 0.254 e. The number of hydrogen-bond donors (Lipinski definition) is 1. The molecule has 3 rings (SSSR count). The number of rotatable bonds is 6. The highest BCUT2D eigenvalue weighted by Gasteiger charge is 2.21. The molecule has 1 aromatic carbocycles. The summed E-state index contributed by atoms with van der Waals surface area (Å²) >= 11 is 0. The Labute approximate surface area is 153 Å². The summed E-state index contributed by atoms with van der Waals surface area (Å²) in [5.41, 5.74) is 2.95. The number of aliphatic hydroxyl groups excluding tert-OH is 1. The average molecular weight is 352 g/mol. The van der Waals surface area contributed by atoms with Crippen molar-refractivity contribution in [1.29, 1.82) is 0 Å². The van der Waals surface area contributed by atoms with Crippen molar-refractivity contribution in [1.82, 2.24) is 19.7 Å². The Morgan fingerprint density at radius 2 is 2.00 bits per heavy atom. The molecule has 26 heavy (non-hydrogen) atoms. The van der Waals surface area contributed by atoms with Crippen molar-refractivity contribution in [3.05, 3.63) is 48.2 Å². The van der Waals surface area contributed by atoms with Crippen molar-refractivity contribution >= 4 is 16.9 Å². The van der Waals surface area contributed by atoms with Crippen molar-refractivity contribution in [3.8, 4) is 11.3 Å². The highest BCUT2D eigenvalue weighted by atomic mass is 16.3. The first-order chi connectivity index (χ1) is 12.6. The third-order valence-electron chi connectivity index (χ3n) is 4.39. The van der Waals surface area contributed by atoms with Crippen molar-refractivity contribution in [2.24, 2.45) is 0 Å². The van der Waals surface area contributed by atoms with Gasteiger partial charge in [-0.2, -0.15) is 5.10 Å². The van der Waals surface area contributed by atoms with E-state index >= 15 is 0 Å². The molecule has 0 aliphatic carbocycles. The van der Waals surface area contributed by atoms with Crippen molar-refractivity contribution in [3.63, 3.8) is 0 Å². The van der Waals surface area contributed by atoms with Gasteiger partial charge in [-0.3, -0.25) is 4.79 Å². The van der Waals surface area contributed by atoms with Crippen LogP contribution < -0.4 is 0 Å². The zero-order chi connectivity index (χ0) is 18.7. The third kappa shape index (κ3) is 3.32. The number of aliphatic hydroxyl groups is 1. The van der Waals surface area contributed by atoms with Crippen LogP contribution in [0.5, 0.6) is 0 Å². The molecule has 1 N–H and O–H groups in total. The van der Waals surface area contributed by atoms with E-state index in [-0.39, 0.29) is 18.6 Å². The summed E-state index contributed by atoms with van der Waals surface area (Å²) in [6, 6.07) is 11.8. The van der Waals surface area contributed by atoms with Gasteiger partial charge in [0.05, 0.1) is 29.4 Å². The monoisotopic (exact) mass is 352 g/mol. The molecule has 0 saturated heterocycles. The second-order valence-electron chi connectivity index (χ2n) is 6.45. The number of hydrogen-bond acceptors (Lipinski definition) is 4. The van der Waals surface area contributed by atoms with Crippen LogP contribution in [-0.4, -0.2) is 50.4 Å². The van der Waals surface area contributed by atoms with Crippen LogP contribution in [0.1, 0.15) is 37.2 Å². The zero-order valence-electron chi connectivity index (χ0n) is 15.4. The number of carbonyl (C=O) groups excluding carboxylic acids is 1. The number of aromatic nitrogens is 3. The second kappa shape index (κ2) is 7.66. The minimum atomic E-state index is -0.116. The summed E-state index contributed by atoms with van der Waals surface area (Å²) in [4.78, 5) is 19.5. The van der Waals surface area contributed by atoms with Crippen LogP contribution in [0.3, 0.4) is 0 Å². The van der Waals surface area contributed by atoms with Gasteiger partial charge in [-0.15, -0.1) is 0 Å². The molecule has 2 heterocycles. The maximum Gasteiger partial charge on any atom is 0.254 e. The fraction of sp³-hybridized carbons (Fsp3) is 0.350. The molecule has 0 aliphatic heterocycles. The molecule has 3 aromatic rings. The van der Waals surface area contributed by atoms with Gasteiger partial charge in [-0.25, -0.2) is 9.67 Å². The predicted molar refractivity (Wildman–Crippen MR) is 102 cm³/mol. The topological polar surface area (TPSA) is 71.2 Å². The minimum absolute atomic E-state index is 0.0649. The lowest BCUT2D eigenvalue weighted by molar-refractivity contribution is 0.0734. The average Bonchev–Trinajstić information content (AvgIpc) is 3.09. The van der Waals surface area contributed by atoms with Gasteiger partial charge in [0.15, 0.2) is 5.65 Å². The highest BCUT2D eigenvalue weighted by molar-refractivity contribution is 6.06. The van der Waals surface area contributed by atoms with E-state index in [0.29, 0.717) is 24.3 Å². The van der Waals surface area contributed by atoms with E-state index in [2.05, 4.69) is 5.10 Å². The van der Waals surface area contributed by atoms with Gasteiger partial charge in [0.25, 0.3) is 5.91 Å². The van der Waals surface area contributed by atoms with Crippen molar-refractivity contribution < 1.29 is 9.90 Å². The third-order valence-corrected chi connectivity index (χ3v) is 4.39. The molecule has 0 spiro atoms. The molecule has 0 saturated carbocycles. The maximum absolute atomic E-state index is 13.1. The number of nitrogens with zero attached hydrogens (tertiary/aromatic N) is 4. The van der Waals surface area contributed by atoms with Gasteiger partial charge >= 0.3 is 0 Å². The Morgan fingerprint density at radius 3 is 2.62 bits per heavy atom. The molecule has 0 radical (unpaired) electrons. The molecular formula is C20H24N4O2. The number of fused-ring (bicyclic) bond motifs is 1. The van der Waals surface area contributed by atoms with Crippen LogP contribution in [0, 0.1) is 0 Å². The Balaban J connectivity index is 2.22. The lowest BCUT2D eigenvalue weighted by atomic mass is 10.1. The molecule has 0 aliphatic rings. The Bertz CT molecular complexity index is 903. The van der Waals surface area contributed by atoms with Crippen LogP contribution in [0.4, 0.5) is 0 Å². The molecule has 1 amide bonds. The minimum Gasteiger partial charge on any atom is -0.395 e. The molecule has 2 aromatic heterocycles. The van der Waals surface area contributed by atoms with E-state index in [1.807, 2.05) is 61.9 Å². The predicted octanol–water partition coefficient (Wildman–Crippen LogP) is 3.13. The van der Waals surface area contributed by atoms with Gasteiger partial charge in [-0.1, -0.05) is 30.3 Å². The number of carbonyl (C=O) groups is 1. The fourth-order valence-electron chi connectivity index (χ4n) is 3.02. The Hall–Kier alpha value is -2.73. The molecule has 136 valence electrons. The lowest BCUT2D eigenvalue weighted by Gasteiger charge is -2.20. The standard InChI is InChI=1S/C20H24N4O2/c1-4-23(10-11-25)20(26)16-12-18(15-8-6-5-7-9-15)22-19-17(16)13-21-24(19)14(2)3/h5-9,12-14,25H,4,10-11H2,1-3H3. The Kier molecular flexibility index (Phi) is 5.32. The summed E-state index contributed by atoms with van der Waals surface area (Å²) in [6.07, 6.45) is 1.71. The number of amides is 1. The van der Waals surface area contributed by atoms with Crippen molar-refractivity contribution in [2.75, 3.05) is 19.7 Å². The number of pyridine rings is 1. The molecule has 0 bridgehead atoms. The van der Waals surface area contributed by atoms with Crippen LogP contribution in [0.15, 0.2) is 42.6 Å². The summed E-state index contributed by atoms with van der Waals surface area (Å²) in [5, 5.41) is 14.4. The Morgan fingerprint density at radius 1 is 1.27 bits per heavy atom. The lowest BCUT2D eigenvalue weighted by Crippen LogP contribution is -2.33. The van der Waals surface area contributed by atoms with Crippen LogP contribution >= 0.6 is 0 Å². The summed E-state index contributed by atoms with van der Waals surface area (Å²) < 4.78 is 1.83. The first-order valence-corrected chi connectivity index (χ1v) is 8.90. The van der Waals surface area contributed by atoms with Crippen LogP contribution in [0.2, 0.25) is 0 Å². The molecule has 0 fully saturated rings. The van der Waals surface area contributed by atoms with E-state index < -0.39 is 0 Å². The molecule has 6 heteroatoms. The highest BCUT2D eigenvalue weighted by Crippen LogP contribution is 2.27. The zero-order valence-corrected chi connectivity index (χ0v) is 15.4. The first-order valence-electron chi connectivity index (χ1n) is 8.90. The van der Waals surface area contributed by atoms with E-state index in [4.69, 9.17) is 4.98 Å². The van der Waals surface area contributed by atoms with Gasteiger partial charge in [0.2, 0.25) is 0 Å². The molecule has 0 atom stereocenters. The molecular weight excluding hydrogens is 328 g/mol. The maximum atomic E-state index is 13.1. The summed E-state index contributed by atoms with van der Waals surface area (Å²) in [7, 11) is 0. The quantitative estimate of drug-likeness (QED) is 0.740. The van der Waals surface area contributed by atoms with Crippen LogP contribution in [-0.2, 0) is 0 Å². The fourth-order valence-corrected chi connectivity index (χ4v) is 3.02. The normalized spacial score (nSPS) is 11.3. The molecule has 0 unspecified atom stereocenters. The van der Waals surface area contributed by atoms with Gasteiger partial charge in [0.1, 0.15) is 0 Å². The van der Waals surface area contributed by atoms with Crippen LogP contribution in [0.25, 0.3) is 22.3 Å². The largest absolute Gasteiger partial charge is 0.395 e. The first kappa shape index (κ1) is 18.1.